The second-order valence-corrected chi connectivity index (χ2v) is 3.57. The van der Waals surface area contributed by atoms with Crippen LogP contribution in [0.25, 0.3) is 6.08 Å². The predicted octanol–water partition coefficient (Wildman–Crippen LogP) is 4.10. The highest BCUT2D eigenvalue weighted by Crippen LogP contribution is 2.17. The van der Waals surface area contributed by atoms with Gasteiger partial charge in [0.25, 0.3) is 0 Å². The van der Waals surface area contributed by atoms with E-state index in [-0.39, 0.29) is 0 Å². The van der Waals surface area contributed by atoms with Crippen LogP contribution in [0.1, 0.15) is 24.2 Å². The maximum atomic E-state index is 5.23. The number of hydrogen-bond acceptors (Lipinski definition) is 1. The van der Waals surface area contributed by atoms with Gasteiger partial charge in [0, 0.05) is 0 Å². The van der Waals surface area contributed by atoms with Crippen LogP contribution < -0.4 is 0 Å². The Morgan fingerprint density at radius 1 is 1.07 bits per heavy atom. The third-order valence-electron chi connectivity index (χ3n) is 2.42. The van der Waals surface area contributed by atoms with Crippen molar-refractivity contribution in [2.45, 2.75) is 12.8 Å². The average Bonchev–Trinajstić information content (AvgIpc) is 2.80. The Morgan fingerprint density at radius 2 is 1.87 bits per heavy atom. The van der Waals surface area contributed by atoms with Crippen LogP contribution in [0.4, 0.5) is 0 Å². The molecule has 1 heterocycles. The topological polar surface area (TPSA) is 13.1 Å². The van der Waals surface area contributed by atoms with Crippen molar-refractivity contribution in [3.05, 3.63) is 66.1 Å². The summed E-state index contributed by atoms with van der Waals surface area (Å²) in [5, 5.41) is 0. The summed E-state index contributed by atoms with van der Waals surface area (Å²) in [6.45, 7) is 2.18. The normalized spacial score (nSPS) is 13.1. The van der Waals surface area contributed by atoms with E-state index in [2.05, 4.69) is 37.3 Å². The summed E-state index contributed by atoms with van der Waals surface area (Å²) < 4.78 is 5.23. The fraction of sp³-hybridized carbons (Fsp3) is 0.143. The van der Waals surface area contributed by atoms with Crippen molar-refractivity contribution in [1.82, 2.24) is 0 Å². The molecule has 0 radical (unpaired) electrons. The summed E-state index contributed by atoms with van der Waals surface area (Å²) in [5.74, 6) is 1.31. The van der Waals surface area contributed by atoms with E-state index in [1.54, 1.807) is 6.26 Å². The molecule has 0 saturated carbocycles. The third-order valence-corrected chi connectivity index (χ3v) is 2.42. The lowest BCUT2D eigenvalue weighted by Gasteiger charge is -2.04. The van der Waals surface area contributed by atoms with E-state index in [1.807, 2.05) is 24.3 Å². The molecule has 1 unspecified atom stereocenters. The van der Waals surface area contributed by atoms with Crippen LogP contribution in [0.3, 0.4) is 0 Å². The molecule has 1 aromatic carbocycles. The largest absolute Gasteiger partial charge is 0.465 e. The van der Waals surface area contributed by atoms with Crippen molar-refractivity contribution >= 4 is 6.08 Å². The third kappa shape index (κ3) is 2.59. The summed E-state index contributed by atoms with van der Waals surface area (Å²) in [6.07, 6.45) is 5.85. The highest BCUT2D eigenvalue weighted by molar-refractivity contribution is 5.44. The molecule has 0 spiro atoms. The van der Waals surface area contributed by atoms with Gasteiger partial charge in [-0.2, -0.15) is 0 Å². The minimum Gasteiger partial charge on any atom is -0.465 e. The Morgan fingerprint density at radius 3 is 2.53 bits per heavy atom. The zero-order valence-electron chi connectivity index (χ0n) is 8.76. The first-order valence-corrected chi connectivity index (χ1v) is 5.13. The number of furan rings is 1. The standard InChI is InChI=1S/C14H14O/c1-12(13-6-3-2-4-7-13)9-10-14-8-5-11-15-14/h2-12H,1H3/b10-9+. The molecule has 2 rings (SSSR count). The van der Waals surface area contributed by atoms with Crippen LogP contribution in [-0.4, -0.2) is 0 Å². The van der Waals surface area contributed by atoms with Crippen molar-refractivity contribution in [2.24, 2.45) is 0 Å². The molecule has 0 aliphatic rings. The first-order valence-electron chi connectivity index (χ1n) is 5.13. The molecule has 76 valence electrons. The van der Waals surface area contributed by atoms with E-state index < -0.39 is 0 Å². The van der Waals surface area contributed by atoms with Crippen LogP contribution in [0.15, 0.2) is 59.2 Å². The van der Waals surface area contributed by atoms with Gasteiger partial charge in [-0.05, 0) is 29.7 Å². The van der Waals surface area contributed by atoms with E-state index in [1.165, 1.54) is 5.56 Å². The molecule has 1 heteroatoms. The highest BCUT2D eigenvalue weighted by Gasteiger charge is 1.99. The smallest absolute Gasteiger partial charge is 0.126 e. The summed E-state index contributed by atoms with van der Waals surface area (Å²) in [7, 11) is 0. The monoisotopic (exact) mass is 198 g/mol. The summed E-state index contributed by atoms with van der Waals surface area (Å²) in [4.78, 5) is 0. The maximum absolute atomic E-state index is 5.23. The zero-order valence-corrected chi connectivity index (χ0v) is 8.76. The van der Waals surface area contributed by atoms with Gasteiger partial charge in [-0.15, -0.1) is 0 Å². The molecule has 1 aromatic heterocycles. The lowest BCUT2D eigenvalue weighted by Crippen LogP contribution is -1.87. The van der Waals surface area contributed by atoms with Crippen molar-refractivity contribution in [1.29, 1.82) is 0 Å². The van der Waals surface area contributed by atoms with Crippen molar-refractivity contribution in [3.63, 3.8) is 0 Å². The SMILES string of the molecule is CC(/C=C/c1ccco1)c1ccccc1. The van der Waals surface area contributed by atoms with Crippen LogP contribution in [0, 0.1) is 0 Å². The Labute approximate surface area is 90.1 Å². The first kappa shape index (κ1) is 9.78. The van der Waals surface area contributed by atoms with Crippen molar-refractivity contribution < 1.29 is 4.42 Å². The van der Waals surface area contributed by atoms with Crippen LogP contribution in [-0.2, 0) is 0 Å². The first-order chi connectivity index (χ1) is 7.36. The second-order valence-electron chi connectivity index (χ2n) is 3.57. The van der Waals surface area contributed by atoms with E-state index in [4.69, 9.17) is 4.42 Å². The second kappa shape index (κ2) is 4.65. The molecule has 0 amide bonds. The number of allylic oxidation sites excluding steroid dienone is 1. The van der Waals surface area contributed by atoms with E-state index in [0.29, 0.717) is 5.92 Å². The molecule has 0 aliphatic heterocycles. The lowest BCUT2D eigenvalue weighted by atomic mass is 10.0. The number of benzene rings is 1. The van der Waals surface area contributed by atoms with Gasteiger partial charge in [0.05, 0.1) is 6.26 Å². The van der Waals surface area contributed by atoms with Gasteiger partial charge in [-0.1, -0.05) is 43.3 Å². The maximum Gasteiger partial charge on any atom is 0.126 e. The Hall–Kier alpha value is -1.76. The number of hydrogen-bond donors (Lipinski definition) is 0. The molecular formula is C14H14O. The average molecular weight is 198 g/mol. The molecule has 1 atom stereocenters. The Balaban J connectivity index is 2.07. The van der Waals surface area contributed by atoms with Gasteiger partial charge in [-0.25, -0.2) is 0 Å². The summed E-state index contributed by atoms with van der Waals surface area (Å²) in [5.41, 5.74) is 1.32. The predicted molar refractivity (Wildman–Crippen MR) is 62.6 cm³/mol. The van der Waals surface area contributed by atoms with Gasteiger partial charge in [0.2, 0.25) is 0 Å². The molecule has 0 N–H and O–H groups in total. The minimum atomic E-state index is 0.413. The summed E-state index contributed by atoms with van der Waals surface area (Å²) >= 11 is 0. The van der Waals surface area contributed by atoms with Crippen LogP contribution >= 0.6 is 0 Å². The van der Waals surface area contributed by atoms with Gasteiger partial charge in [-0.3, -0.25) is 0 Å². The van der Waals surface area contributed by atoms with Crippen molar-refractivity contribution in [2.75, 3.05) is 0 Å². The van der Waals surface area contributed by atoms with Crippen LogP contribution in [0.2, 0.25) is 0 Å². The molecule has 15 heavy (non-hydrogen) atoms. The molecule has 1 nitrogen and oxygen atoms in total. The van der Waals surface area contributed by atoms with Gasteiger partial charge in [0.15, 0.2) is 0 Å². The van der Waals surface area contributed by atoms with Crippen molar-refractivity contribution in [3.8, 4) is 0 Å². The quantitative estimate of drug-likeness (QED) is 0.723. The molecule has 0 saturated heterocycles. The molecule has 2 aromatic rings. The van der Waals surface area contributed by atoms with E-state index in [9.17, 15) is 0 Å². The Bertz CT molecular complexity index is 412. The minimum absolute atomic E-state index is 0.413. The van der Waals surface area contributed by atoms with Gasteiger partial charge < -0.3 is 4.42 Å². The zero-order chi connectivity index (χ0) is 10.5. The highest BCUT2D eigenvalue weighted by atomic mass is 16.3. The van der Waals surface area contributed by atoms with Gasteiger partial charge in [0.1, 0.15) is 5.76 Å². The number of rotatable bonds is 3. The summed E-state index contributed by atoms with van der Waals surface area (Å²) in [6, 6.07) is 14.3. The lowest BCUT2D eigenvalue weighted by molar-refractivity contribution is 0.556. The van der Waals surface area contributed by atoms with E-state index >= 15 is 0 Å². The van der Waals surface area contributed by atoms with Gasteiger partial charge >= 0.3 is 0 Å². The molecule has 0 aliphatic carbocycles. The molecular weight excluding hydrogens is 184 g/mol. The van der Waals surface area contributed by atoms with E-state index in [0.717, 1.165) is 5.76 Å². The fourth-order valence-electron chi connectivity index (χ4n) is 1.49. The Kier molecular flexibility index (Phi) is 3.03. The fourth-order valence-corrected chi connectivity index (χ4v) is 1.49. The van der Waals surface area contributed by atoms with Crippen LogP contribution in [0.5, 0.6) is 0 Å². The molecule has 0 fully saturated rings. The molecule has 0 bridgehead atoms.